The maximum atomic E-state index is 11.1. The molecule has 116 valence electrons. The average molecular weight is 360 g/mol. The fourth-order valence-corrected chi connectivity index (χ4v) is 2.71. The topological polar surface area (TPSA) is 70.8 Å². The summed E-state index contributed by atoms with van der Waals surface area (Å²) in [6, 6.07) is 3.04. The van der Waals surface area contributed by atoms with Gasteiger partial charge >= 0.3 is 0 Å². The van der Waals surface area contributed by atoms with Crippen LogP contribution in [0.3, 0.4) is 0 Å². The molecule has 2 rings (SSSR count). The molecule has 0 saturated carbocycles. The van der Waals surface area contributed by atoms with E-state index in [0.717, 1.165) is 25.9 Å². The van der Waals surface area contributed by atoms with E-state index < -0.39 is 4.92 Å². The molecule has 0 amide bonds. The molecule has 0 radical (unpaired) electrons. The molecular formula is C14H18BrNO5. The predicted molar refractivity (Wildman–Crippen MR) is 81.4 cm³/mol. The highest BCUT2D eigenvalue weighted by Crippen LogP contribution is 2.36. The largest absolute Gasteiger partial charge is 0.493 e. The lowest BCUT2D eigenvalue weighted by Crippen LogP contribution is -2.25. The molecule has 0 aromatic heterocycles. The third kappa shape index (κ3) is 4.07. The molecule has 1 unspecified atom stereocenters. The lowest BCUT2D eigenvalue weighted by atomic mass is 10.1. The second-order valence-corrected chi connectivity index (χ2v) is 5.38. The molecule has 0 spiro atoms. The molecule has 21 heavy (non-hydrogen) atoms. The normalized spacial score (nSPS) is 18.3. The Hall–Kier alpha value is -1.34. The highest BCUT2D eigenvalue weighted by atomic mass is 79.9. The lowest BCUT2D eigenvalue weighted by molar-refractivity contribution is -0.385. The van der Waals surface area contributed by atoms with Gasteiger partial charge in [0.1, 0.15) is 6.61 Å². The van der Waals surface area contributed by atoms with E-state index in [9.17, 15) is 10.1 Å². The van der Waals surface area contributed by atoms with Crippen molar-refractivity contribution in [3.63, 3.8) is 0 Å². The summed E-state index contributed by atoms with van der Waals surface area (Å²) in [5.41, 5.74) is 0.574. The van der Waals surface area contributed by atoms with Crippen molar-refractivity contribution in [3.05, 3.63) is 27.8 Å². The third-order valence-electron chi connectivity index (χ3n) is 3.40. The fraction of sp³-hybridized carbons (Fsp3) is 0.571. The smallest absolute Gasteiger partial charge is 0.277 e. The van der Waals surface area contributed by atoms with Gasteiger partial charge in [-0.15, -0.1) is 0 Å². The molecule has 1 aromatic rings. The van der Waals surface area contributed by atoms with Crippen LogP contribution in [0.1, 0.15) is 24.8 Å². The van der Waals surface area contributed by atoms with Crippen LogP contribution < -0.4 is 9.47 Å². The van der Waals surface area contributed by atoms with Gasteiger partial charge in [0, 0.05) is 17.5 Å². The summed E-state index contributed by atoms with van der Waals surface area (Å²) in [6.07, 6.45) is 3.18. The predicted octanol–water partition coefficient (Wildman–Crippen LogP) is 3.45. The second kappa shape index (κ2) is 7.61. The van der Waals surface area contributed by atoms with Gasteiger partial charge in [0.25, 0.3) is 5.69 Å². The van der Waals surface area contributed by atoms with E-state index in [1.165, 1.54) is 13.2 Å². The van der Waals surface area contributed by atoms with Crippen molar-refractivity contribution >= 4 is 21.6 Å². The zero-order chi connectivity index (χ0) is 15.2. The Morgan fingerprint density at radius 3 is 2.81 bits per heavy atom. The van der Waals surface area contributed by atoms with Gasteiger partial charge in [-0.1, -0.05) is 15.9 Å². The van der Waals surface area contributed by atoms with E-state index in [-0.39, 0.29) is 11.8 Å². The zero-order valence-corrected chi connectivity index (χ0v) is 13.4. The number of alkyl halides is 1. The van der Waals surface area contributed by atoms with E-state index in [1.54, 1.807) is 6.07 Å². The number of hydrogen-bond donors (Lipinski definition) is 0. The summed E-state index contributed by atoms with van der Waals surface area (Å²) in [5.74, 6) is 0.869. The standard InChI is InChI=1S/C14H18BrNO5/c1-19-13-6-10(8-15)12(16(17)18)7-14(13)21-9-11-4-2-3-5-20-11/h6-7,11H,2-5,8-9H2,1H3. The van der Waals surface area contributed by atoms with Gasteiger partial charge in [-0.05, 0) is 25.3 Å². The Morgan fingerprint density at radius 1 is 1.43 bits per heavy atom. The Kier molecular flexibility index (Phi) is 5.81. The van der Waals surface area contributed by atoms with Crippen LogP contribution in [-0.4, -0.2) is 31.4 Å². The van der Waals surface area contributed by atoms with Crippen molar-refractivity contribution in [3.8, 4) is 11.5 Å². The molecule has 0 aliphatic carbocycles. The van der Waals surface area contributed by atoms with E-state index in [4.69, 9.17) is 14.2 Å². The van der Waals surface area contributed by atoms with E-state index in [2.05, 4.69) is 15.9 Å². The Bertz CT molecular complexity index is 502. The van der Waals surface area contributed by atoms with Crippen molar-refractivity contribution < 1.29 is 19.1 Å². The van der Waals surface area contributed by atoms with Crippen LogP contribution in [0.5, 0.6) is 11.5 Å². The first-order valence-corrected chi connectivity index (χ1v) is 7.93. The third-order valence-corrected chi connectivity index (χ3v) is 4.01. The second-order valence-electron chi connectivity index (χ2n) is 4.82. The summed E-state index contributed by atoms with van der Waals surface area (Å²) in [7, 11) is 1.52. The quantitative estimate of drug-likeness (QED) is 0.442. The van der Waals surface area contributed by atoms with Gasteiger partial charge in [0.2, 0.25) is 0 Å². The van der Waals surface area contributed by atoms with Gasteiger partial charge in [-0.3, -0.25) is 10.1 Å². The van der Waals surface area contributed by atoms with Crippen LogP contribution in [0.4, 0.5) is 5.69 Å². The first kappa shape index (κ1) is 16.0. The first-order valence-electron chi connectivity index (χ1n) is 6.81. The zero-order valence-electron chi connectivity index (χ0n) is 11.8. The number of halogens is 1. The fourth-order valence-electron chi connectivity index (χ4n) is 2.26. The lowest BCUT2D eigenvalue weighted by Gasteiger charge is -2.23. The maximum absolute atomic E-state index is 11.1. The van der Waals surface area contributed by atoms with Gasteiger partial charge in [0.05, 0.1) is 24.2 Å². The SMILES string of the molecule is COc1cc(CBr)c([N+](=O)[O-])cc1OCC1CCCCO1. The molecule has 1 heterocycles. The molecule has 1 atom stereocenters. The minimum Gasteiger partial charge on any atom is -0.493 e. The Morgan fingerprint density at radius 2 is 2.24 bits per heavy atom. The van der Waals surface area contributed by atoms with Crippen LogP contribution in [0.25, 0.3) is 0 Å². The molecule has 1 aliphatic rings. The minimum atomic E-state index is -0.417. The molecule has 0 N–H and O–H groups in total. The highest BCUT2D eigenvalue weighted by molar-refractivity contribution is 9.08. The number of benzene rings is 1. The molecule has 1 aliphatic heterocycles. The Balaban J connectivity index is 2.16. The van der Waals surface area contributed by atoms with Crippen molar-refractivity contribution in [1.82, 2.24) is 0 Å². The maximum Gasteiger partial charge on any atom is 0.277 e. The summed E-state index contributed by atoms with van der Waals surface area (Å²) in [5, 5.41) is 11.5. The number of nitro benzene ring substituents is 1. The van der Waals surface area contributed by atoms with Gasteiger partial charge in [-0.2, -0.15) is 0 Å². The molecule has 1 saturated heterocycles. The minimum absolute atomic E-state index is 0.0206. The van der Waals surface area contributed by atoms with Crippen LogP contribution in [0.15, 0.2) is 12.1 Å². The van der Waals surface area contributed by atoms with Crippen LogP contribution >= 0.6 is 15.9 Å². The number of nitro groups is 1. The average Bonchev–Trinajstić information content (AvgIpc) is 2.52. The summed E-state index contributed by atoms with van der Waals surface area (Å²) < 4.78 is 16.5. The number of rotatable bonds is 6. The monoisotopic (exact) mass is 359 g/mol. The summed E-state index contributed by atoms with van der Waals surface area (Å²) in [6.45, 7) is 1.12. The molecule has 6 nitrogen and oxygen atoms in total. The Labute approximate surface area is 131 Å². The van der Waals surface area contributed by atoms with Crippen LogP contribution in [0.2, 0.25) is 0 Å². The molecular weight excluding hydrogens is 342 g/mol. The summed E-state index contributed by atoms with van der Waals surface area (Å²) >= 11 is 3.25. The number of nitrogens with zero attached hydrogens (tertiary/aromatic N) is 1. The van der Waals surface area contributed by atoms with E-state index in [0.29, 0.717) is 29.0 Å². The number of ether oxygens (including phenoxy) is 3. The number of hydrogen-bond acceptors (Lipinski definition) is 5. The van der Waals surface area contributed by atoms with Crippen LogP contribution in [0, 0.1) is 10.1 Å². The van der Waals surface area contributed by atoms with Crippen molar-refractivity contribution in [2.75, 3.05) is 20.3 Å². The molecule has 1 fully saturated rings. The van der Waals surface area contributed by atoms with Gasteiger partial charge in [0.15, 0.2) is 11.5 Å². The highest BCUT2D eigenvalue weighted by Gasteiger charge is 2.21. The van der Waals surface area contributed by atoms with E-state index in [1.807, 2.05) is 0 Å². The molecule has 7 heteroatoms. The first-order chi connectivity index (χ1) is 10.2. The van der Waals surface area contributed by atoms with Crippen molar-refractivity contribution in [1.29, 1.82) is 0 Å². The number of methoxy groups -OCH3 is 1. The molecule has 0 bridgehead atoms. The van der Waals surface area contributed by atoms with E-state index >= 15 is 0 Å². The summed E-state index contributed by atoms with van der Waals surface area (Å²) in [4.78, 5) is 10.7. The van der Waals surface area contributed by atoms with Gasteiger partial charge in [-0.25, -0.2) is 0 Å². The molecule has 1 aromatic carbocycles. The van der Waals surface area contributed by atoms with Crippen molar-refractivity contribution in [2.24, 2.45) is 0 Å². The van der Waals surface area contributed by atoms with Crippen molar-refractivity contribution in [2.45, 2.75) is 30.7 Å². The van der Waals surface area contributed by atoms with Crippen LogP contribution in [-0.2, 0) is 10.1 Å². The van der Waals surface area contributed by atoms with Gasteiger partial charge < -0.3 is 14.2 Å².